The summed E-state index contributed by atoms with van der Waals surface area (Å²) in [6, 6.07) is 14.0. The highest BCUT2D eigenvalue weighted by molar-refractivity contribution is 6.32. The number of rotatable bonds is 9. The highest BCUT2D eigenvalue weighted by Gasteiger charge is 2.16. The van der Waals surface area contributed by atoms with E-state index in [2.05, 4.69) is 5.32 Å². The van der Waals surface area contributed by atoms with Crippen molar-refractivity contribution in [1.29, 1.82) is 0 Å². The van der Waals surface area contributed by atoms with E-state index in [0.29, 0.717) is 35.8 Å². The molecule has 2 aromatic carbocycles. The molecule has 1 aliphatic rings. The first kappa shape index (κ1) is 19.0. The fraction of sp³-hybridized carbons (Fsp3) is 0.429. The van der Waals surface area contributed by atoms with Crippen molar-refractivity contribution in [2.24, 2.45) is 0 Å². The van der Waals surface area contributed by atoms with Gasteiger partial charge in [-0.25, -0.2) is 0 Å². The summed E-state index contributed by atoms with van der Waals surface area (Å²) in [5.74, 6) is 1.28. The lowest BCUT2D eigenvalue weighted by Crippen LogP contribution is -2.25. The van der Waals surface area contributed by atoms with Gasteiger partial charge in [0, 0.05) is 19.7 Å². The lowest BCUT2D eigenvalue weighted by Gasteiger charge is -2.16. The predicted octanol–water partition coefficient (Wildman–Crippen LogP) is 4.59. The van der Waals surface area contributed by atoms with Crippen LogP contribution in [0.1, 0.15) is 30.9 Å². The minimum Gasteiger partial charge on any atom is -0.490 e. The summed E-state index contributed by atoms with van der Waals surface area (Å²) in [6.45, 7) is 5.42. The molecular weight excluding hydrogens is 350 g/mol. The molecule has 1 saturated heterocycles. The summed E-state index contributed by atoms with van der Waals surface area (Å²) in [5, 5.41) is 4.01. The van der Waals surface area contributed by atoms with E-state index < -0.39 is 0 Å². The van der Waals surface area contributed by atoms with Gasteiger partial charge in [0.05, 0.1) is 17.7 Å². The number of benzene rings is 2. The van der Waals surface area contributed by atoms with Gasteiger partial charge < -0.3 is 19.5 Å². The molecule has 0 spiro atoms. The summed E-state index contributed by atoms with van der Waals surface area (Å²) >= 11 is 6.49. The third-order valence-electron chi connectivity index (χ3n) is 4.32. The van der Waals surface area contributed by atoms with Crippen LogP contribution in [0.4, 0.5) is 0 Å². The van der Waals surface area contributed by atoms with Crippen LogP contribution in [-0.2, 0) is 17.9 Å². The molecule has 1 heterocycles. The van der Waals surface area contributed by atoms with Crippen LogP contribution in [0.5, 0.6) is 11.5 Å². The number of halogens is 1. The standard InChI is InChI=1S/C21H26ClNO3/c1-2-24-20-12-17(13-23-14-18-9-6-10-25-18)11-19(22)21(20)26-15-16-7-4-3-5-8-16/h3-5,7-8,11-12,18,23H,2,6,9-10,13-15H2,1H3/t18-/m0/s1. The molecular formula is C21H26ClNO3. The van der Waals surface area contributed by atoms with Gasteiger partial charge in [0.2, 0.25) is 0 Å². The fourth-order valence-corrected chi connectivity index (χ4v) is 3.33. The van der Waals surface area contributed by atoms with E-state index in [1.54, 1.807) is 0 Å². The van der Waals surface area contributed by atoms with E-state index in [4.69, 9.17) is 25.8 Å². The maximum Gasteiger partial charge on any atom is 0.180 e. The quantitative estimate of drug-likeness (QED) is 0.696. The molecule has 0 aromatic heterocycles. The number of ether oxygens (including phenoxy) is 3. The summed E-state index contributed by atoms with van der Waals surface area (Å²) in [7, 11) is 0. The van der Waals surface area contributed by atoms with Crippen molar-refractivity contribution in [1.82, 2.24) is 5.32 Å². The number of hydrogen-bond acceptors (Lipinski definition) is 4. The lowest BCUT2D eigenvalue weighted by atomic mass is 10.2. The van der Waals surface area contributed by atoms with E-state index in [-0.39, 0.29) is 0 Å². The van der Waals surface area contributed by atoms with Gasteiger partial charge in [-0.3, -0.25) is 0 Å². The number of hydrogen-bond donors (Lipinski definition) is 1. The largest absolute Gasteiger partial charge is 0.490 e. The van der Waals surface area contributed by atoms with Gasteiger partial charge in [0.25, 0.3) is 0 Å². The van der Waals surface area contributed by atoms with Crippen LogP contribution in [-0.4, -0.2) is 25.9 Å². The molecule has 4 nitrogen and oxygen atoms in total. The summed E-state index contributed by atoms with van der Waals surface area (Å²) < 4.78 is 17.4. The first-order chi connectivity index (χ1) is 12.8. The average molecular weight is 376 g/mol. The third kappa shape index (κ3) is 5.37. The van der Waals surface area contributed by atoms with Crippen molar-refractivity contribution in [3.63, 3.8) is 0 Å². The Balaban J connectivity index is 1.64. The summed E-state index contributed by atoms with van der Waals surface area (Å²) in [5.41, 5.74) is 2.16. The van der Waals surface area contributed by atoms with Crippen molar-refractivity contribution < 1.29 is 14.2 Å². The van der Waals surface area contributed by atoms with Crippen LogP contribution in [0.15, 0.2) is 42.5 Å². The van der Waals surface area contributed by atoms with Crippen LogP contribution in [0.2, 0.25) is 5.02 Å². The van der Waals surface area contributed by atoms with Gasteiger partial charge in [-0.15, -0.1) is 0 Å². The van der Waals surface area contributed by atoms with Crippen LogP contribution in [0.3, 0.4) is 0 Å². The number of nitrogens with one attached hydrogen (secondary N) is 1. The molecule has 5 heteroatoms. The molecule has 2 aromatic rings. The molecule has 1 N–H and O–H groups in total. The zero-order valence-corrected chi connectivity index (χ0v) is 15.9. The Bertz CT molecular complexity index is 687. The van der Waals surface area contributed by atoms with Crippen LogP contribution in [0.25, 0.3) is 0 Å². The van der Waals surface area contributed by atoms with Gasteiger partial charge in [-0.05, 0) is 43.0 Å². The first-order valence-corrected chi connectivity index (χ1v) is 9.58. The maximum absolute atomic E-state index is 6.49. The van der Waals surface area contributed by atoms with E-state index in [0.717, 1.165) is 43.7 Å². The van der Waals surface area contributed by atoms with Gasteiger partial charge in [-0.1, -0.05) is 41.9 Å². The molecule has 0 bridgehead atoms. The van der Waals surface area contributed by atoms with E-state index >= 15 is 0 Å². The monoisotopic (exact) mass is 375 g/mol. The molecule has 1 atom stereocenters. The zero-order valence-electron chi connectivity index (χ0n) is 15.2. The zero-order chi connectivity index (χ0) is 18.2. The molecule has 0 saturated carbocycles. The Labute approximate surface area is 160 Å². The van der Waals surface area contributed by atoms with Crippen LogP contribution < -0.4 is 14.8 Å². The highest BCUT2D eigenvalue weighted by atomic mass is 35.5. The van der Waals surface area contributed by atoms with Crippen molar-refractivity contribution >= 4 is 11.6 Å². The van der Waals surface area contributed by atoms with Gasteiger partial charge in [0.1, 0.15) is 6.61 Å². The molecule has 1 aliphatic heterocycles. The Morgan fingerprint density at radius 2 is 2.00 bits per heavy atom. The predicted molar refractivity (Wildman–Crippen MR) is 104 cm³/mol. The minimum atomic E-state index is 0.324. The van der Waals surface area contributed by atoms with E-state index in [1.165, 1.54) is 0 Å². The van der Waals surface area contributed by atoms with Crippen LogP contribution in [0, 0.1) is 0 Å². The third-order valence-corrected chi connectivity index (χ3v) is 4.60. The van der Waals surface area contributed by atoms with Gasteiger partial charge in [-0.2, -0.15) is 0 Å². The molecule has 3 rings (SSSR count). The normalized spacial score (nSPS) is 16.6. The molecule has 0 amide bonds. The Morgan fingerprint density at radius 3 is 2.73 bits per heavy atom. The second-order valence-corrected chi connectivity index (χ2v) is 6.79. The SMILES string of the molecule is CCOc1cc(CNC[C@@H]2CCCO2)cc(Cl)c1OCc1ccccc1. The minimum absolute atomic E-state index is 0.324. The second kappa shape index (κ2) is 9.81. The van der Waals surface area contributed by atoms with Crippen LogP contribution >= 0.6 is 11.6 Å². The van der Waals surface area contributed by atoms with Crippen molar-refractivity contribution in [2.75, 3.05) is 19.8 Å². The Morgan fingerprint density at radius 1 is 1.15 bits per heavy atom. The summed E-state index contributed by atoms with van der Waals surface area (Å²) in [6.07, 6.45) is 2.61. The van der Waals surface area contributed by atoms with Crippen molar-refractivity contribution in [3.8, 4) is 11.5 Å². The second-order valence-electron chi connectivity index (χ2n) is 6.38. The molecule has 26 heavy (non-hydrogen) atoms. The van der Waals surface area contributed by atoms with Crippen molar-refractivity contribution in [3.05, 3.63) is 58.6 Å². The van der Waals surface area contributed by atoms with Gasteiger partial charge in [0.15, 0.2) is 11.5 Å². The lowest BCUT2D eigenvalue weighted by molar-refractivity contribution is 0.110. The first-order valence-electron chi connectivity index (χ1n) is 9.20. The maximum atomic E-state index is 6.49. The van der Waals surface area contributed by atoms with E-state index in [1.807, 2.05) is 49.4 Å². The Kier molecular flexibility index (Phi) is 7.18. The highest BCUT2D eigenvalue weighted by Crippen LogP contribution is 2.37. The molecule has 0 unspecified atom stereocenters. The summed E-state index contributed by atoms with van der Waals surface area (Å²) in [4.78, 5) is 0. The smallest absolute Gasteiger partial charge is 0.180 e. The molecule has 1 fully saturated rings. The molecule has 0 radical (unpaired) electrons. The van der Waals surface area contributed by atoms with Gasteiger partial charge >= 0.3 is 0 Å². The van der Waals surface area contributed by atoms with Crippen molar-refractivity contribution in [2.45, 2.75) is 39.0 Å². The Hall–Kier alpha value is -1.75. The topological polar surface area (TPSA) is 39.7 Å². The van der Waals surface area contributed by atoms with E-state index in [9.17, 15) is 0 Å². The molecule has 0 aliphatic carbocycles. The average Bonchev–Trinajstić information content (AvgIpc) is 3.16. The fourth-order valence-electron chi connectivity index (χ4n) is 3.04. The molecule has 140 valence electrons.